The Bertz CT molecular complexity index is 604. The maximum atomic E-state index is 5.50. The van der Waals surface area contributed by atoms with Crippen LogP contribution in [0.2, 0.25) is 0 Å². The molecular formula is C15H22N4O2. The number of aromatic nitrogens is 3. The van der Waals surface area contributed by atoms with Crippen LogP contribution >= 0.6 is 0 Å². The second-order valence-electron chi connectivity index (χ2n) is 6.05. The van der Waals surface area contributed by atoms with E-state index in [9.17, 15) is 0 Å². The molecule has 0 radical (unpaired) electrons. The first kappa shape index (κ1) is 14.3. The first-order valence-corrected chi connectivity index (χ1v) is 7.53. The number of likely N-dealkylation sites (tertiary alicyclic amines) is 1. The lowest BCUT2D eigenvalue weighted by atomic mass is 10.2. The molecule has 3 rings (SSSR count). The van der Waals surface area contributed by atoms with Gasteiger partial charge in [-0.2, -0.15) is 4.98 Å². The Kier molecular flexibility index (Phi) is 3.57. The number of hydrogen-bond acceptors (Lipinski definition) is 6. The van der Waals surface area contributed by atoms with Crippen molar-refractivity contribution in [3.8, 4) is 11.4 Å². The minimum absolute atomic E-state index is 0.124. The quantitative estimate of drug-likeness (QED) is 0.864. The van der Waals surface area contributed by atoms with Crippen LogP contribution in [-0.2, 0) is 0 Å². The molecular weight excluding hydrogens is 268 g/mol. The van der Waals surface area contributed by atoms with Crippen LogP contribution in [0, 0.1) is 13.8 Å². The Morgan fingerprint density at radius 1 is 1.10 bits per heavy atom. The van der Waals surface area contributed by atoms with Gasteiger partial charge in [0.1, 0.15) is 5.76 Å². The van der Waals surface area contributed by atoms with Crippen molar-refractivity contribution < 1.29 is 9.05 Å². The van der Waals surface area contributed by atoms with Gasteiger partial charge >= 0.3 is 0 Å². The average molecular weight is 290 g/mol. The molecule has 0 N–H and O–H groups in total. The van der Waals surface area contributed by atoms with Gasteiger partial charge in [0.2, 0.25) is 11.7 Å². The molecule has 0 aromatic carbocycles. The summed E-state index contributed by atoms with van der Waals surface area (Å²) >= 11 is 0. The zero-order valence-corrected chi connectivity index (χ0v) is 13.3. The largest absolute Gasteiger partial charge is 0.361 e. The van der Waals surface area contributed by atoms with E-state index in [4.69, 9.17) is 9.05 Å². The van der Waals surface area contributed by atoms with E-state index in [0.29, 0.717) is 23.8 Å². The third kappa shape index (κ3) is 2.37. The Hall–Kier alpha value is -1.69. The van der Waals surface area contributed by atoms with Crippen molar-refractivity contribution in [2.24, 2.45) is 0 Å². The SMILES string of the molecule is Cc1noc(C)c1-c1noc(C(C)N2C(C)CCC2C)n1. The molecule has 1 fully saturated rings. The molecule has 1 saturated heterocycles. The highest BCUT2D eigenvalue weighted by atomic mass is 16.5. The van der Waals surface area contributed by atoms with Gasteiger partial charge in [0.25, 0.3) is 0 Å². The minimum Gasteiger partial charge on any atom is -0.361 e. The molecule has 0 amide bonds. The fraction of sp³-hybridized carbons (Fsp3) is 0.667. The number of nitrogens with zero attached hydrogens (tertiary/aromatic N) is 4. The summed E-state index contributed by atoms with van der Waals surface area (Å²) in [6, 6.07) is 1.22. The van der Waals surface area contributed by atoms with Crippen molar-refractivity contribution in [3.63, 3.8) is 0 Å². The van der Waals surface area contributed by atoms with Crippen molar-refractivity contribution in [1.29, 1.82) is 0 Å². The Morgan fingerprint density at radius 3 is 2.33 bits per heavy atom. The lowest BCUT2D eigenvalue weighted by molar-refractivity contribution is 0.128. The first-order chi connectivity index (χ1) is 9.99. The highest BCUT2D eigenvalue weighted by Gasteiger charge is 2.34. The summed E-state index contributed by atoms with van der Waals surface area (Å²) in [7, 11) is 0. The Labute approximate surface area is 124 Å². The molecule has 114 valence electrons. The molecule has 2 aromatic rings. The van der Waals surface area contributed by atoms with Crippen molar-refractivity contribution >= 4 is 0 Å². The van der Waals surface area contributed by atoms with Gasteiger partial charge in [0.15, 0.2) is 0 Å². The van der Waals surface area contributed by atoms with Gasteiger partial charge < -0.3 is 9.05 Å². The lowest BCUT2D eigenvalue weighted by Crippen LogP contribution is -2.35. The van der Waals surface area contributed by atoms with Gasteiger partial charge in [-0.1, -0.05) is 10.3 Å². The van der Waals surface area contributed by atoms with Crippen LogP contribution < -0.4 is 0 Å². The first-order valence-electron chi connectivity index (χ1n) is 7.53. The van der Waals surface area contributed by atoms with E-state index in [1.807, 2.05) is 13.8 Å². The third-order valence-electron chi connectivity index (χ3n) is 4.52. The molecule has 3 atom stereocenters. The maximum Gasteiger partial charge on any atom is 0.244 e. The van der Waals surface area contributed by atoms with Crippen LogP contribution in [-0.4, -0.2) is 32.3 Å². The van der Waals surface area contributed by atoms with Crippen LogP contribution in [0.1, 0.15) is 57.0 Å². The zero-order chi connectivity index (χ0) is 15.1. The molecule has 6 nitrogen and oxygen atoms in total. The highest BCUT2D eigenvalue weighted by Crippen LogP contribution is 2.33. The monoisotopic (exact) mass is 290 g/mol. The normalized spacial score (nSPS) is 24.6. The van der Waals surface area contributed by atoms with Crippen LogP contribution in [0.3, 0.4) is 0 Å². The minimum atomic E-state index is 0.124. The summed E-state index contributed by atoms with van der Waals surface area (Å²) in [4.78, 5) is 7.02. The molecule has 0 spiro atoms. The maximum absolute atomic E-state index is 5.50. The van der Waals surface area contributed by atoms with Crippen molar-refractivity contribution in [3.05, 3.63) is 17.3 Å². The number of aryl methyl sites for hydroxylation is 2. The summed E-state index contributed by atoms with van der Waals surface area (Å²) in [6.07, 6.45) is 2.44. The van der Waals surface area contributed by atoms with Crippen LogP contribution in [0.25, 0.3) is 11.4 Å². The molecule has 0 saturated carbocycles. The van der Waals surface area contributed by atoms with Crippen LogP contribution in [0.4, 0.5) is 0 Å². The van der Waals surface area contributed by atoms with E-state index in [-0.39, 0.29) is 6.04 Å². The molecule has 0 aliphatic carbocycles. The van der Waals surface area contributed by atoms with E-state index in [1.165, 1.54) is 12.8 Å². The Morgan fingerprint density at radius 2 is 1.76 bits per heavy atom. The lowest BCUT2D eigenvalue weighted by Gasteiger charge is -2.30. The van der Waals surface area contributed by atoms with E-state index in [1.54, 1.807) is 0 Å². The molecule has 3 heterocycles. The fourth-order valence-corrected chi connectivity index (χ4v) is 3.41. The number of rotatable bonds is 3. The third-order valence-corrected chi connectivity index (χ3v) is 4.52. The van der Waals surface area contributed by atoms with Crippen molar-refractivity contribution in [1.82, 2.24) is 20.2 Å². The average Bonchev–Trinajstić information content (AvgIpc) is 3.11. The van der Waals surface area contributed by atoms with E-state index in [2.05, 4.69) is 41.0 Å². The van der Waals surface area contributed by atoms with Crippen molar-refractivity contribution in [2.75, 3.05) is 0 Å². The van der Waals surface area contributed by atoms with Gasteiger partial charge in [-0.25, -0.2) is 0 Å². The zero-order valence-electron chi connectivity index (χ0n) is 13.3. The second-order valence-corrected chi connectivity index (χ2v) is 6.05. The van der Waals surface area contributed by atoms with Gasteiger partial charge in [0.05, 0.1) is 17.3 Å². The molecule has 1 aliphatic rings. The Balaban J connectivity index is 1.88. The van der Waals surface area contributed by atoms with Crippen LogP contribution in [0.5, 0.6) is 0 Å². The smallest absolute Gasteiger partial charge is 0.244 e. The highest BCUT2D eigenvalue weighted by molar-refractivity contribution is 5.59. The summed E-state index contributed by atoms with van der Waals surface area (Å²) in [5, 5.41) is 8.05. The van der Waals surface area contributed by atoms with Gasteiger partial charge in [0, 0.05) is 12.1 Å². The van der Waals surface area contributed by atoms with Gasteiger partial charge in [-0.15, -0.1) is 0 Å². The molecule has 2 aromatic heterocycles. The predicted octanol–water partition coefficient (Wildman–Crippen LogP) is 3.28. The van der Waals surface area contributed by atoms with Crippen molar-refractivity contribution in [2.45, 2.75) is 65.6 Å². The van der Waals surface area contributed by atoms with Gasteiger partial charge in [-0.05, 0) is 47.5 Å². The summed E-state index contributed by atoms with van der Waals surface area (Å²) in [6.45, 7) is 10.4. The molecule has 3 unspecified atom stereocenters. The number of hydrogen-bond donors (Lipinski definition) is 0. The van der Waals surface area contributed by atoms with Crippen LogP contribution in [0.15, 0.2) is 9.05 Å². The standard InChI is InChI=1S/C15H22N4O2/c1-8-6-7-9(2)19(8)11(4)15-16-14(18-21-15)13-10(3)17-20-12(13)5/h8-9,11H,6-7H2,1-5H3. The molecule has 0 bridgehead atoms. The summed E-state index contributed by atoms with van der Waals surface area (Å²) in [5.74, 6) is 1.94. The fourth-order valence-electron chi connectivity index (χ4n) is 3.41. The summed E-state index contributed by atoms with van der Waals surface area (Å²) < 4.78 is 10.7. The van der Waals surface area contributed by atoms with E-state index >= 15 is 0 Å². The molecule has 1 aliphatic heterocycles. The van der Waals surface area contributed by atoms with E-state index in [0.717, 1.165) is 17.0 Å². The summed E-state index contributed by atoms with van der Waals surface area (Å²) in [5.41, 5.74) is 1.62. The van der Waals surface area contributed by atoms with E-state index < -0.39 is 0 Å². The molecule has 21 heavy (non-hydrogen) atoms. The topological polar surface area (TPSA) is 68.2 Å². The van der Waals surface area contributed by atoms with Gasteiger partial charge in [-0.3, -0.25) is 4.90 Å². The predicted molar refractivity (Wildman–Crippen MR) is 77.7 cm³/mol. The second kappa shape index (κ2) is 5.26. The molecule has 6 heteroatoms.